The molecule has 2 aromatic heterocycles. The topological polar surface area (TPSA) is 91.3 Å². The molecule has 0 bridgehead atoms. The molecule has 180 valence electrons. The third kappa shape index (κ3) is 5.28. The van der Waals surface area contributed by atoms with E-state index in [2.05, 4.69) is 20.3 Å². The molecule has 1 fully saturated rings. The van der Waals surface area contributed by atoms with Gasteiger partial charge in [0, 0.05) is 38.4 Å². The van der Waals surface area contributed by atoms with E-state index in [1.54, 1.807) is 19.2 Å². The van der Waals surface area contributed by atoms with Gasteiger partial charge in [0.05, 0.1) is 10.5 Å². The van der Waals surface area contributed by atoms with Crippen molar-refractivity contribution in [3.8, 4) is 0 Å². The van der Waals surface area contributed by atoms with Crippen LogP contribution in [0.1, 0.15) is 17.0 Å². The van der Waals surface area contributed by atoms with Crippen molar-refractivity contribution in [1.82, 2.24) is 19.3 Å². The largest absolute Gasteiger partial charge is 0.416 e. The first-order chi connectivity index (χ1) is 16.0. The van der Waals surface area contributed by atoms with Crippen molar-refractivity contribution in [3.63, 3.8) is 0 Å². The third-order valence-corrected chi connectivity index (χ3v) is 7.25. The van der Waals surface area contributed by atoms with Gasteiger partial charge in [0.25, 0.3) is 0 Å². The zero-order valence-corrected chi connectivity index (χ0v) is 19.4. The van der Waals surface area contributed by atoms with Gasteiger partial charge < -0.3 is 10.2 Å². The van der Waals surface area contributed by atoms with Crippen molar-refractivity contribution in [2.24, 2.45) is 0 Å². The Morgan fingerprint density at radius 2 is 1.68 bits per heavy atom. The van der Waals surface area contributed by atoms with Gasteiger partial charge in [-0.3, -0.25) is 0 Å². The molecule has 8 nitrogen and oxygen atoms in total. The number of anilines is 3. The highest BCUT2D eigenvalue weighted by atomic mass is 32.2. The summed E-state index contributed by atoms with van der Waals surface area (Å²) in [4.78, 5) is 14.7. The Morgan fingerprint density at radius 1 is 0.941 bits per heavy atom. The fraction of sp³-hybridized carbons (Fsp3) is 0.318. The average molecular weight is 493 g/mol. The number of aromatic nitrogens is 3. The van der Waals surface area contributed by atoms with Gasteiger partial charge in [0.15, 0.2) is 0 Å². The predicted molar refractivity (Wildman–Crippen MR) is 121 cm³/mol. The van der Waals surface area contributed by atoms with Crippen molar-refractivity contribution in [3.05, 3.63) is 65.6 Å². The Labute approximate surface area is 195 Å². The highest BCUT2D eigenvalue weighted by molar-refractivity contribution is 7.89. The molecule has 0 aliphatic carbocycles. The van der Waals surface area contributed by atoms with Crippen LogP contribution in [-0.2, 0) is 16.2 Å². The normalized spacial score (nSPS) is 15.4. The van der Waals surface area contributed by atoms with Crippen molar-refractivity contribution < 1.29 is 21.6 Å². The molecule has 0 spiro atoms. The van der Waals surface area contributed by atoms with E-state index < -0.39 is 21.8 Å². The third-order valence-electron chi connectivity index (χ3n) is 5.36. The number of rotatable bonds is 5. The van der Waals surface area contributed by atoms with Crippen LogP contribution in [0.5, 0.6) is 0 Å². The maximum Gasteiger partial charge on any atom is 0.416 e. The maximum atomic E-state index is 13.0. The number of benzene rings is 1. The molecular formula is C22H23F3N6O2S. The molecule has 1 aliphatic heterocycles. The van der Waals surface area contributed by atoms with E-state index in [0.717, 1.165) is 17.7 Å². The fourth-order valence-electron chi connectivity index (χ4n) is 3.65. The number of hydrogen-bond acceptors (Lipinski definition) is 7. The SMILES string of the molecule is Cc1ccnc(Nc2cc(N3CCN(S(=O)(=O)c4cccc(C(F)(F)F)c4)CC3)nc(C)n2)c1. The van der Waals surface area contributed by atoms with E-state index in [1.165, 1.54) is 10.4 Å². The second-order valence-corrected chi connectivity index (χ2v) is 9.86. The Bertz CT molecular complexity index is 1290. The zero-order chi connectivity index (χ0) is 24.5. The minimum atomic E-state index is -4.62. The van der Waals surface area contributed by atoms with Crippen LogP contribution in [0.2, 0.25) is 0 Å². The number of piperazine rings is 1. The van der Waals surface area contributed by atoms with Crippen molar-refractivity contribution >= 4 is 27.5 Å². The molecule has 3 aromatic rings. The van der Waals surface area contributed by atoms with Gasteiger partial charge in [-0.05, 0) is 49.7 Å². The molecule has 4 rings (SSSR count). The Morgan fingerprint density at radius 3 is 2.35 bits per heavy atom. The Hall–Kier alpha value is -3.25. The van der Waals surface area contributed by atoms with Crippen LogP contribution in [0.15, 0.2) is 53.6 Å². The summed E-state index contributed by atoms with van der Waals surface area (Å²) in [5.74, 6) is 2.35. The van der Waals surface area contributed by atoms with Crippen LogP contribution in [-0.4, -0.2) is 53.9 Å². The van der Waals surface area contributed by atoms with E-state index in [0.29, 0.717) is 42.4 Å². The monoisotopic (exact) mass is 492 g/mol. The maximum absolute atomic E-state index is 13.0. The second-order valence-electron chi connectivity index (χ2n) is 7.92. The van der Waals surface area contributed by atoms with E-state index >= 15 is 0 Å². The summed E-state index contributed by atoms with van der Waals surface area (Å²) in [6.45, 7) is 4.60. The van der Waals surface area contributed by atoms with Crippen molar-refractivity contribution in [1.29, 1.82) is 0 Å². The molecule has 0 unspecified atom stereocenters. The number of halogens is 3. The van der Waals surface area contributed by atoms with E-state index in [4.69, 9.17) is 0 Å². The molecule has 0 saturated carbocycles. The van der Waals surface area contributed by atoms with Gasteiger partial charge in [0.1, 0.15) is 23.3 Å². The van der Waals surface area contributed by atoms with Crippen LogP contribution in [0.25, 0.3) is 0 Å². The highest BCUT2D eigenvalue weighted by Crippen LogP contribution is 2.31. The minimum absolute atomic E-state index is 0.115. The number of pyridine rings is 1. The van der Waals surface area contributed by atoms with E-state index in [1.807, 2.05) is 24.0 Å². The summed E-state index contributed by atoms with van der Waals surface area (Å²) in [7, 11) is -4.06. The summed E-state index contributed by atoms with van der Waals surface area (Å²) < 4.78 is 66.2. The van der Waals surface area contributed by atoms with E-state index in [-0.39, 0.29) is 18.0 Å². The number of alkyl halides is 3. The fourth-order valence-corrected chi connectivity index (χ4v) is 5.12. The number of nitrogens with zero attached hydrogens (tertiary/aromatic N) is 5. The lowest BCUT2D eigenvalue weighted by Crippen LogP contribution is -2.49. The molecule has 1 saturated heterocycles. The smallest absolute Gasteiger partial charge is 0.354 e. The number of sulfonamides is 1. The molecule has 0 amide bonds. The summed E-state index contributed by atoms with van der Waals surface area (Å²) >= 11 is 0. The van der Waals surface area contributed by atoms with Gasteiger partial charge >= 0.3 is 6.18 Å². The molecule has 1 aliphatic rings. The lowest BCUT2D eigenvalue weighted by molar-refractivity contribution is -0.137. The highest BCUT2D eigenvalue weighted by Gasteiger charge is 2.34. The summed E-state index contributed by atoms with van der Waals surface area (Å²) in [5.41, 5.74) is 0.0494. The molecule has 1 N–H and O–H groups in total. The Kier molecular flexibility index (Phi) is 6.45. The summed E-state index contributed by atoms with van der Waals surface area (Å²) in [6.07, 6.45) is -2.93. The standard InChI is InChI=1S/C22H23F3N6O2S/c1-15-6-7-26-19(12-15)29-20-14-21(28-16(2)27-20)30-8-10-31(11-9-30)34(32,33)18-5-3-4-17(13-18)22(23,24)25/h3-7,12-14H,8-11H2,1-2H3,(H,26,27,28,29). The second kappa shape index (κ2) is 9.18. The zero-order valence-electron chi connectivity index (χ0n) is 18.5. The molecule has 34 heavy (non-hydrogen) atoms. The first kappa shape index (κ1) is 23.9. The molecule has 0 atom stereocenters. The van der Waals surface area contributed by atoms with Crippen LogP contribution in [0.4, 0.5) is 30.6 Å². The van der Waals surface area contributed by atoms with Gasteiger partial charge in [-0.15, -0.1) is 0 Å². The molecular weight excluding hydrogens is 469 g/mol. The summed E-state index contributed by atoms with van der Waals surface area (Å²) in [6, 6.07) is 9.34. The first-order valence-corrected chi connectivity index (χ1v) is 11.9. The van der Waals surface area contributed by atoms with Crippen LogP contribution in [0.3, 0.4) is 0 Å². The quantitative estimate of drug-likeness (QED) is 0.580. The number of nitrogens with one attached hydrogen (secondary N) is 1. The number of aryl methyl sites for hydroxylation is 2. The molecule has 12 heteroatoms. The van der Waals surface area contributed by atoms with Crippen molar-refractivity contribution in [2.45, 2.75) is 24.9 Å². The Balaban J connectivity index is 1.48. The molecule has 0 radical (unpaired) electrons. The van der Waals surface area contributed by atoms with Crippen LogP contribution >= 0.6 is 0 Å². The van der Waals surface area contributed by atoms with Gasteiger partial charge in [0.2, 0.25) is 10.0 Å². The van der Waals surface area contributed by atoms with Crippen molar-refractivity contribution in [2.75, 3.05) is 36.4 Å². The van der Waals surface area contributed by atoms with Gasteiger partial charge in [-0.2, -0.15) is 17.5 Å². The van der Waals surface area contributed by atoms with Gasteiger partial charge in [-0.1, -0.05) is 6.07 Å². The van der Waals surface area contributed by atoms with E-state index in [9.17, 15) is 21.6 Å². The predicted octanol–water partition coefficient (Wildman–Crippen LogP) is 3.76. The summed E-state index contributed by atoms with van der Waals surface area (Å²) in [5, 5.41) is 3.15. The minimum Gasteiger partial charge on any atom is -0.354 e. The average Bonchev–Trinajstić information content (AvgIpc) is 2.78. The van der Waals surface area contributed by atoms with Gasteiger partial charge in [-0.25, -0.2) is 23.4 Å². The van der Waals surface area contributed by atoms with Crippen LogP contribution < -0.4 is 10.2 Å². The molecule has 3 heterocycles. The first-order valence-electron chi connectivity index (χ1n) is 10.5. The lowest BCUT2D eigenvalue weighted by atomic mass is 10.2. The van der Waals surface area contributed by atoms with Crippen LogP contribution in [0, 0.1) is 13.8 Å². The molecule has 1 aromatic carbocycles. The number of hydrogen-bond donors (Lipinski definition) is 1. The lowest BCUT2D eigenvalue weighted by Gasteiger charge is -2.34.